The van der Waals surface area contributed by atoms with Crippen LogP contribution in [0.3, 0.4) is 0 Å². The van der Waals surface area contributed by atoms with E-state index in [1.807, 2.05) is 0 Å². The molecule has 10 heavy (non-hydrogen) atoms. The first-order valence-electron chi connectivity index (χ1n) is 2.70. The van der Waals surface area contributed by atoms with E-state index in [4.69, 9.17) is 46.4 Å². The van der Waals surface area contributed by atoms with E-state index in [1.54, 1.807) is 0 Å². The summed E-state index contributed by atoms with van der Waals surface area (Å²) in [7, 11) is 0. The van der Waals surface area contributed by atoms with Crippen LogP contribution < -0.4 is 0 Å². The molecule has 62 valence electrons. The molecule has 0 N–H and O–H groups in total. The van der Waals surface area contributed by atoms with E-state index in [9.17, 15) is 4.39 Å². The second-order valence-corrected chi connectivity index (χ2v) is 3.72. The van der Waals surface area contributed by atoms with Crippen molar-refractivity contribution in [2.24, 2.45) is 0 Å². The highest BCUT2D eigenvalue weighted by Crippen LogP contribution is 2.19. The molecule has 0 aliphatic carbocycles. The largest absolute Gasteiger partial charge is 0.230 e. The van der Waals surface area contributed by atoms with Crippen LogP contribution in [0.5, 0.6) is 0 Å². The lowest BCUT2D eigenvalue weighted by Gasteiger charge is -2.12. The van der Waals surface area contributed by atoms with Gasteiger partial charge in [0.15, 0.2) is 5.63 Å². The second-order valence-electron chi connectivity index (χ2n) is 1.81. The summed E-state index contributed by atoms with van der Waals surface area (Å²) < 4.78 is 12.0. The topological polar surface area (TPSA) is 0 Å². The minimum absolute atomic E-state index is 0.0317. The molecule has 0 aliphatic heterocycles. The molecule has 0 aromatic heterocycles. The highest BCUT2D eigenvalue weighted by atomic mass is 35.5. The van der Waals surface area contributed by atoms with E-state index in [1.165, 1.54) is 0 Å². The quantitative estimate of drug-likeness (QED) is 0.647. The molecule has 3 unspecified atom stereocenters. The molecule has 0 spiro atoms. The van der Waals surface area contributed by atoms with E-state index < -0.39 is 16.4 Å². The Balaban J connectivity index is 3.50. The van der Waals surface area contributed by atoms with Crippen LogP contribution in [0.4, 0.5) is 4.39 Å². The molecule has 0 nitrogen and oxygen atoms in total. The lowest BCUT2D eigenvalue weighted by Crippen LogP contribution is -2.18. The monoisotopic (exact) mass is 226 g/mol. The van der Waals surface area contributed by atoms with Crippen molar-refractivity contribution < 1.29 is 4.39 Å². The molecule has 0 bridgehead atoms. The Morgan fingerprint density at radius 2 is 1.60 bits per heavy atom. The predicted molar refractivity (Wildman–Crippen MR) is 45.4 cm³/mol. The minimum Gasteiger partial charge on any atom is -0.230 e. The number of rotatable bonds is 4. The van der Waals surface area contributed by atoms with Gasteiger partial charge in [0, 0.05) is 12.3 Å². The van der Waals surface area contributed by atoms with E-state index in [2.05, 4.69) is 0 Å². The van der Waals surface area contributed by atoms with Crippen LogP contribution in [0.2, 0.25) is 0 Å². The second kappa shape index (κ2) is 5.70. The Morgan fingerprint density at radius 1 is 1.10 bits per heavy atom. The maximum atomic E-state index is 12.0. The van der Waals surface area contributed by atoms with Crippen LogP contribution in [0.15, 0.2) is 0 Å². The number of hydrogen-bond donors (Lipinski definition) is 0. The number of alkyl halides is 5. The zero-order valence-electron chi connectivity index (χ0n) is 5.04. The maximum absolute atomic E-state index is 12.0. The molecule has 0 aliphatic rings. The average Bonchev–Trinajstić information content (AvgIpc) is 1.85. The Bertz CT molecular complexity index is 87.7. The van der Waals surface area contributed by atoms with Crippen molar-refractivity contribution in [3.8, 4) is 0 Å². The van der Waals surface area contributed by atoms with Crippen molar-refractivity contribution in [1.82, 2.24) is 0 Å². The highest BCUT2D eigenvalue weighted by molar-refractivity contribution is 6.34. The van der Waals surface area contributed by atoms with Gasteiger partial charge in [0.25, 0.3) is 0 Å². The summed E-state index contributed by atoms with van der Waals surface area (Å²) in [6, 6.07) is 0. The summed E-state index contributed by atoms with van der Waals surface area (Å²) in [5.74, 6) is 0.208. The summed E-state index contributed by atoms with van der Waals surface area (Å²) >= 11 is 21.5. The van der Waals surface area contributed by atoms with E-state index in [0.29, 0.717) is 0 Å². The highest BCUT2D eigenvalue weighted by Gasteiger charge is 2.18. The first-order valence-corrected chi connectivity index (χ1v) is 4.54. The molecule has 5 heteroatoms. The van der Waals surface area contributed by atoms with Crippen LogP contribution >= 0.6 is 46.4 Å². The van der Waals surface area contributed by atoms with Gasteiger partial charge in [-0.1, -0.05) is 11.6 Å². The lowest BCUT2D eigenvalue weighted by molar-refractivity contribution is 0.414. The normalized spacial score (nSPS) is 20.1. The van der Waals surface area contributed by atoms with Gasteiger partial charge in [-0.15, -0.1) is 34.8 Å². The van der Waals surface area contributed by atoms with Crippen molar-refractivity contribution in [3.63, 3.8) is 0 Å². The Labute approximate surface area is 79.6 Å². The molecule has 0 radical (unpaired) electrons. The molecule has 0 fully saturated rings. The summed E-state index contributed by atoms with van der Waals surface area (Å²) in [4.78, 5) is 0. The van der Waals surface area contributed by atoms with Crippen LogP contribution in [0.1, 0.15) is 6.42 Å². The van der Waals surface area contributed by atoms with Gasteiger partial charge in [-0.05, 0) is 0 Å². The number of halogens is 5. The smallest absolute Gasteiger partial charge is 0.175 e. The molecular formula is C5H7Cl4F. The summed E-state index contributed by atoms with van der Waals surface area (Å²) in [5, 5.41) is -0.910. The van der Waals surface area contributed by atoms with Crippen molar-refractivity contribution >= 4 is 46.4 Å². The van der Waals surface area contributed by atoms with Crippen molar-refractivity contribution in [1.29, 1.82) is 0 Å². The molecule has 0 heterocycles. The van der Waals surface area contributed by atoms with Crippen molar-refractivity contribution in [3.05, 3.63) is 0 Å². The van der Waals surface area contributed by atoms with Crippen molar-refractivity contribution in [2.75, 3.05) is 5.88 Å². The van der Waals surface area contributed by atoms with E-state index in [0.717, 1.165) is 0 Å². The third-order valence-electron chi connectivity index (χ3n) is 0.943. The SMILES string of the molecule is FC(Cl)CC(Cl)C(Cl)CCl. The predicted octanol–water partition coefficient (Wildman–Crippen LogP) is 3.36. The van der Waals surface area contributed by atoms with E-state index >= 15 is 0 Å². The van der Waals surface area contributed by atoms with Crippen molar-refractivity contribution in [2.45, 2.75) is 22.8 Å². The zero-order chi connectivity index (χ0) is 8.15. The van der Waals surface area contributed by atoms with Crippen LogP contribution in [-0.2, 0) is 0 Å². The molecule has 0 aromatic carbocycles. The van der Waals surface area contributed by atoms with Gasteiger partial charge >= 0.3 is 0 Å². The zero-order valence-corrected chi connectivity index (χ0v) is 8.06. The fourth-order valence-corrected chi connectivity index (χ4v) is 1.35. The van der Waals surface area contributed by atoms with Gasteiger partial charge in [-0.2, -0.15) is 0 Å². The lowest BCUT2D eigenvalue weighted by atomic mass is 10.2. The van der Waals surface area contributed by atoms with Gasteiger partial charge in [-0.25, -0.2) is 4.39 Å². The van der Waals surface area contributed by atoms with Gasteiger partial charge in [0.1, 0.15) is 0 Å². The Morgan fingerprint density at radius 3 is 1.90 bits per heavy atom. The Hall–Kier alpha value is 1.09. The van der Waals surface area contributed by atoms with Crippen LogP contribution in [0, 0.1) is 0 Å². The van der Waals surface area contributed by atoms with Crippen LogP contribution in [0.25, 0.3) is 0 Å². The summed E-state index contributed by atoms with van der Waals surface area (Å²) in [6.07, 6.45) is 0.0317. The fourth-order valence-electron chi connectivity index (χ4n) is 0.415. The van der Waals surface area contributed by atoms with Gasteiger partial charge in [0.05, 0.1) is 10.8 Å². The van der Waals surface area contributed by atoms with Gasteiger partial charge in [0.2, 0.25) is 0 Å². The molecule has 3 atom stereocenters. The van der Waals surface area contributed by atoms with Crippen LogP contribution in [-0.4, -0.2) is 22.3 Å². The summed E-state index contributed by atoms with van der Waals surface area (Å²) in [6.45, 7) is 0. The van der Waals surface area contributed by atoms with E-state index in [-0.39, 0.29) is 12.3 Å². The Kier molecular flexibility index (Phi) is 6.33. The average molecular weight is 228 g/mol. The summed E-state index contributed by atoms with van der Waals surface area (Å²) in [5.41, 5.74) is -1.44. The van der Waals surface area contributed by atoms with Gasteiger partial charge in [-0.3, -0.25) is 0 Å². The molecule has 0 amide bonds. The fraction of sp³-hybridized carbons (Fsp3) is 1.00. The first kappa shape index (κ1) is 11.1. The first-order chi connectivity index (χ1) is 4.57. The molecule has 0 saturated carbocycles. The molecular weight excluding hydrogens is 221 g/mol. The molecule has 0 saturated heterocycles. The number of hydrogen-bond acceptors (Lipinski definition) is 0. The third kappa shape index (κ3) is 4.84. The minimum atomic E-state index is -1.44. The maximum Gasteiger partial charge on any atom is 0.175 e. The molecule has 0 aromatic rings. The molecule has 0 rings (SSSR count). The van der Waals surface area contributed by atoms with Gasteiger partial charge < -0.3 is 0 Å². The standard InChI is InChI=1S/C5H7Cl4F/c6-2-4(8)3(7)1-5(9)10/h3-5H,1-2H2. The third-order valence-corrected chi connectivity index (χ3v) is 2.68.